The van der Waals surface area contributed by atoms with E-state index in [0.717, 1.165) is 18.8 Å². The molecule has 0 fully saturated rings. The Labute approximate surface area is 71.4 Å². The molecule has 12 heavy (non-hydrogen) atoms. The first-order valence-corrected chi connectivity index (χ1v) is 4.14. The van der Waals surface area contributed by atoms with Gasteiger partial charge in [0.05, 0.1) is 11.8 Å². The normalized spacial score (nSPS) is 17.5. The van der Waals surface area contributed by atoms with Gasteiger partial charge >= 0.3 is 0 Å². The lowest BCUT2D eigenvalue weighted by Gasteiger charge is -2.07. The van der Waals surface area contributed by atoms with Crippen molar-refractivity contribution in [2.24, 2.45) is 0 Å². The van der Waals surface area contributed by atoms with Crippen molar-refractivity contribution in [1.29, 1.82) is 0 Å². The molecule has 1 aromatic rings. The fourth-order valence-electron chi connectivity index (χ4n) is 1.60. The summed E-state index contributed by atoms with van der Waals surface area (Å²) in [4.78, 5) is 4.16. The van der Waals surface area contributed by atoms with Crippen molar-refractivity contribution in [1.82, 2.24) is 10.3 Å². The molecule has 2 heterocycles. The van der Waals surface area contributed by atoms with Gasteiger partial charge in [0, 0.05) is 19.3 Å². The Kier molecular flexibility index (Phi) is 1.83. The van der Waals surface area contributed by atoms with Crippen LogP contribution in [0, 0.1) is 0 Å². The van der Waals surface area contributed by atoms with Crippen LogP contribution in [0.2, 0.25) is 0 Å². The van der Waals surface area contributed by atoms with Crippen molar-refractivity contribution in [3.63, 3.8) is 0 Å². The number of nitrogens with zero attached hydrogens (tertiary/aromatic N) is 1. The highest BCUT2D eigenvalue weighted by molar-refractivity contribution is 5.33. The molecule has 2 rings (SSSR count). The minimum absolute atomic E-state index is 0.458. The number of hydrogen-bond donors (Lipinski definition) is 2. The van der Waals surface area contributed by atoms with Crippen LogP contribution in [0.5, 0.6) is 0 Å². The largest absolute Gasteiger partial charge is 0.387 e. The molecule has 3 heteroatoms. The second-order valence-corrected chi connectivity index (χ2v) is 3.11. The first-order chi connectivity index (χ1) is 5.79. The predicted molar refractivity (Wildman–Crippen MR) is 45.4 cm³/mol. The average Bonchev–Trinajstić information content (AvgIpc) is 2.49. The van der Waals surface area contributed by atoms with E-state index in [1.807, 2.05) is 6.07 Å². The minimum Gasteiger partial charge on any atom is -0.387 e. The fraction of sp³-hybridized carbons (Fsp3) is 0.444. The fourth-order valence-corrected chi connectivity index (χ4v) is 1.60. The molecule has 0 spiro atoms. The first kappa shape index (κ1) is 7.71. The van der Waals surface area contributed by atoms with Gasteiger partial charge in [-0.05, 0) is 24.1 Å². The van der Waals surface area contributed by atoms with Crippen LogP contribution in [-0.2, 0) is 13.1 Å². The van der Waals surface area contributed by atoms with E-state index in [9.17, 15) is 5.11 Å². The summed E-state index contributed by atoms with van der Waals surface area (Å²) in [6.45, 7) is 3.49. The number of pyridine rings is 1. The molecule has 1 unspecified atom stereocenters. The van der Waals surface area contributed by atoms with Gasteiger partial charge in [-0.15, -0.1) is 0 Å². The maximum absolute atomic E-state index is 9.40. The third kappa shape index (κ3) is 1.11. The highest BCUT2D eigenvalue weighted by atomic mass is 16.3. The number of nitrogens with one attached hydrogen (secondary N) is 1. The van der Waals surface area contributed by atoms with E-state index in [-0.39, 0.29) is 0 Å². The van der Waals surface area contributed by atoms with E-state index in [2.05, 4.69) is 10.3 Å². The van der Waals surface area contributed by atoms with Gasteiger partial charge in [0.2, 0.25) is 0 Å². The molecule has 0 aromatic carbocycles. The maximum Gasteiger partial charge on any atom is 0.0935 e. The van der Waals surface area contributed by atoms with Crippen molar-refractivity contribution < 1.29 is 5.11 Å². The number of hydrogen-bond acceptors (Lipinski definition) is 3. The Hall–Kier alpha value is -0.930. The predicted octanol–water partition coefficient (Wildman–Crippen LogP) is 0.738. The zero-order valence-electron chi connectivity index (χ0n) is 7.04. The molecule has 0 saturated carbocycles. The third-order valence-electron chi connectivity index (χ3n) is 2.20. The number of fused-ring (bicyclic) bond motifs is 1. The summed E-state index contributed by atoms with van der Waals surface area (Å²) >= 11 is 0. The van der Waals surface area contributed by atoms with Gasteiger partial charge in [-0.1, -0.05) is 0 Å². The SMILES string of the molecule is CC(O)c1nccc2c1CNC2. The average molecular weight is 164 g/mol. The monoisotopic (exact) mass is 164 g/mol. The molecule has 0 radical (unpaired) electrons. The molecule has 3 nitrogen and oxygen atoms in total. The van der Waals surface area contributed by atoms with Gasteiger partial charge in [0.15, 0.2) is 0 Å². The van der Waals surface area contributed by atoms with Crippen molar-refractivity contribution >= 4 is 0 Å². The standard InChI is InChI=1S/C9H12N2O/c1-6(12)9-8-5-10-4-7(8)2-3-11-9/h2-3,6,10,12H,4-5H2,1H3. The molecule has 1 aromatic heterocycles. The molecular weight excluding hydrogens is 152 g/mol. The van der Waals surface area contributed by atoms with Crippen LogP contribution in [0.3, 0.4) is 0 Å². The maximum atomic E-state index is 9.40. The van der Waals surface area contributed by atoms with Gasteiger partial charge in [0.1, 0.15) is 0 Å². The second-order valence-electron chi connectivity index (χ2n) is 3.11. The Morgan fingerprint density at radius 1 is 1.58 bits per heavy atom. The first-order valence-electron chi connectivity index (χ1n) is 4.14. The summed E-state index contributed by atoms with van der Waals surface area (Å²) in [5.41, 5.74) is 3.26. The zero-order chi connectivity index (χ0) is 8.55. The van der Waals surface area contributed by atoms with E-state index in [4.69, 9.17) is 0 Å². The summed E-state index contributed by atoms with van der Waals surface area (Å²) in [6.07, 6.45) is 1.30. The van der Waals surface area contributed by atoms with E-state index in [1.54, 1.807) is 13.1 Å². The Morgan fingerprint density at radius 2 is 2.42 bits per heavy atom. The third-order valence-corrected chi connectivity index (χ3v) is 2.20. The molecule has 1 atom stereocenters. The Morgan fingerprint density at radius 3 is 3.17 bits per heavy atom. The van der Waals surface area contributed by atoms with Gasteiger partial charge in [-0.3, -0.25) is 4.98 Å². The molecule has 0 bridgehead atoms. The zero-order valence-corrected chi connectivity index (χ0v) is 7.04. The molecule has 1 aliphatic rings. The summed E-state index contributed by atoms with van der Waals surface area (Å²) in [6, 6.07) is 2.00. The summed E-state index contributed by atoms with van der Waals surface area (Å²) in [7, 11) is 0. The summed E-state index contributed by atoms with van der Waals surface area (Å²) in [5, 5.41) is 12.6. The molecule has 0 amide bonds. The van der Waals surface area contributed by atoms with Crippen LogP contribution < -0.4 is 5.32 Å². The summed E-state index contributed by atoms with van der Waals surface area (Å²) in [5.74, 6) is 0. The van der Waals surface area contributed by atoms with Crippen LogP contribution in [0.15, 0.2) is 12.3 Å². The molecular formula is C9H12N2O. The Balaban J connectivity index is 2.49. The quantitative estimate of drug-likeness (QED) is 0.643. The molecule has 64 valence electrons. The van der Waals surface area contributed by atoms with Crippen LogP contribution in [0.1, 0.15) is 29.8 Å². The number of aliphatic hydroxyl groups excluding tert-OH is 1. The lowest BCUT2D eigenvalue weighted by atomic mass is 10.1. The minimum atomic E-state index is -0.458. The van der Waals surface area contributed by atoms with Crippen molar-refractivity contribution in [3.8, 4) is 0 Å². The molecule has 1 aliphatic heterocycles. The molecule has 2 N–H and O–H groups in total. The topological polar surface area (TPSA) is 45.2 Å². The lowest BCUT2D eigenvalue weighted by molar-refractivity contribution is 0.193. The molecule has 0 aliphatic carbocycles. The van der Waals surface area contributed by atoms with E-state index < -0.39 is 6.10 Å². The second kappa shape index (κ2) is 2.84. The van der Waals surface area contributed by atoms with Gasteiger partial charge in [-0.2, -0.15) is 0 Å². The Bertz CT molecular complexity index is 297. The lowest BCUT2D eigenvalue weighted by Crippen LogP contribution is -2.03. The van der Waals surface area contributed by atoms with Crippen LogP contribution >= 0.6 is 0 Å². The van der Waals surface area contributed by atoms with Gasteiger partial charge < -0.3 is 10.4 Å². The smallest absolute Gasteiger partial charge is 0.0935 e. The van der Waals surface area contributed by atoms with E-state index in [0.29, 0.717) is 0 Å². The van der Waals surface area contributed by atoms with Crippen LogP contribution in [-0.4, -0.2) is 10.1 Å². The number of aromatic nitrogens is 1. The highest BCUT2D eigenvalue weighted by Gasteiger charge is 2.17. The van der Waals surface area contributed by atoms with Gasteiger partial charge in [0.25, 0.3) is 0 Å². The van der Waals surface area contributed by atoms with Crippen LogP contribution in [0.4, 0.5) is 0 Å². The number of aliphatic hydroxyl groups is 1. The van der Waals surface area contributed by atoms with Crippen molar-refractivity contribution in [2.75, 3.05) is 0 Å². The van der Waals surface area contributed by atoms with Gasteiger partial charge in [-0.25, -0.2) is 0 Å². The van der Waals surface area contributed by atoms with Crippen LogP contribution in [0.25, 0.3) is 0 Å². The highest BCUT2D eigenvalue weighted by Crippen LogP contribution is 2.22. The van der Waals surface area contributed by atoms with E-state index in [1.165, 1.54) is 11.1 Å². The molecule has 0 saturated heterocycles. The van der Waals surface area contributed by atoms with E-state index >= 15 is 0 Å². The van der Waals surface area contributed by atoms with Crippen molar-refractivity contribution in [3.05, 3.63) is 29.1 Å². The summed E-state index contributed by atoms with van der Waals surface area (Å²) < 4.78 is 0. The van der Waals surface area contributed by atoms with Crippen molar-refractivity contribution in [2.45, 2.75) is 26.1 Å². The number of rotatable bonds is 1.